The van der Waals surface area contributed by atoms with Crippen LogP contribution in [-0.2, 0) is 19.1 Å². The zero-order valence-corrected chi connectivity index (χ0v) is 18.6. The molecule has 9 heteroatoms. The number of fused-ring (bicyclic) bond motifs is 1. The SMILES string of the molecule is C=CCN(C(=O)C1N(CCCO)C(=O)[C@@H]2[C@@H](C(=O)O)[C@@]3(C)CCC12O3)c1ccccc1Cl. The van der Waals surface area contributed by atoms with Crippen molar-refractivity contribution in [3.63, 3.8) is 0 Å². The highest BCUT2D eigenvalue weighted by atomic mass is 35.5. The second kappa shape index (κ2) is 8.17. The van der Waals surface area contributed by atoms with Crippen LogP contribution in [0.1, 0.15) is 26.2 Å². The molecular weight excluding hydrogens is 436 g/mol. The maximum absolute atomic E-state index is 14.0. The van der Waals surface area contributed by atoms with Gasteiger partial charge in [-0.15, -0.1) is 6.58 Å². The van der Waals surface area contributed by atoms with Crippen molar-refractivity contribution in [3.8, 4) is 0 Å². The number of aliphatic hydroxyl groups excluding tert-OH is 1. The van der Waals surface area contributed by atoms with E-state index in [4.69, 9.17) is 16.3 Å². The summed E-state index contributed by atoms with van der Waals surface area (Å²) in [6.07, 6.45) is 2.68. The summed E-state index contributed by atoms with van der Waals surface area (Å²) in [5.41, 5.74) is -1.77. The van der Waals surface area contributed by atoms with Gasteiger partial charge < -0.3 is 24.7 Å². The van der Waals surface area contributed by atoms with E-state index in [1.54, 1.807) is 37.3 Å². The maximum Gasteiger partial charge on any atom is 0.310 e. The Morgan fingerprint density at radius 3 is 2.72 bits per heavy atom. The van der Waals surface area contributed by atoms with Crippen LogP contribution in [0, 0.1) is 11.8 Å². The zero-order chi connectivity index (χ0) is 23.3. The van der Waals surface area contributed by atoms with Crippen molar-refractivity contribution in [2.45, 2.75) is 43.4 Å². The molecule has 3 aliphatic rings. The summed E-state index contributed by atoms with van der Waals surface area (Å²) in [7, 11) is 0. The Kier molecular flexibility index (Phi) is 5.81. The molecule has 0 aromatic heterocycles. The summed E-state index contributed by atoms with van der Waals surface area (Å²) in [6.45, 7) is 5.57. The van der Waals surface area contributed by atoms with E-state index in [2.05, 4.69) is 6.58 Å². The number of likely N-dealkylation sites (tertiary alicyclic amines) is 1. The Morgan fingerprint density at radius 1 is 1.38 bits per heavy atom. The molecule has 1 aromatic carbocycles. The van der Waals surface area contributed by atoms with Crippen LogP contribution in [0.4, 0.5) is 5.69 Å². The Morgan fingerprint density at radius 2 is 2.09 bits per heavy atom. The summed E-state index contributed by atoms with van der Waals surface area (Å²) in [5.74, 6) is -3.90. The van der Waals surface area contributed by atoms with Gasteiger partial charge in [-0.1, -0.05) is 29.8 Å². The number of carboxylic acid groups (broad SMARTS) is 1. The van der Waals surface area contributed by atoms with Gasteiger partial charge in [0.2, 0.25) is 5.91 Å². The van der Waals surface area contributed by atoms with Gasteiger partial charge in [-0.25, -0.2) is 0 Å². The molecule has 2 amide bonds. The molecule has 172 valence electrons. The number of carbonyl (C=O) groups excluding carboxylic acids is 2. The maximum atomic E-state index is 14.0. The predicted molar refractivity (Wildman–Crippen MR) is 117 cm³/mol. The lowest BCUT2D eigenvalue weighted by atomic mass is 9.66. The van der Waals surface area contributed by atoms with Crippen LogP contribution in [0.25, 0.3) is 0 Å². The summed E-state index contributed by atoms with van der Waals surface area (Å²) < 4.78 is 6.34. The molecule has 2 N–H and O–H groups in total. The van der Waals surface area contributed by atoms with E-state index in [1.165, 1.54) is 9.80 Å². The Hall–Kier alpha value is -2.42. The molecule has 0 saturated carbocycles. The first-order valence-corrected chi connectivity index (χ1v) is 11.1. The standard InChI is InChI=1S/C23H27ClN2O6/c1-3-11-25(15-8-5-4-7-14(15)24)20(29)18-23-10-9-22(2,32-23)17(21(30)31)16(23)19(28)26(18)12-6-13-27/h3-5,7-8,16-18,27H,1,6,9-13H2,2H3,(H,30,31)/t16-,17-,18?,22+,23?/m0/s1. The van der Waals surface area contributed by atoms with Gasteiger partial charge in [0.25, 0.3) is 5.91 Å². The third-order valence-corrected chi connectivity index (χ3v) is 7.37. The highest BCUT2D eigenvalue weighted by Crippen LogP contribution is 2.63. The molecule has 5 atom stereocenters. The summed E-state index contributed by atoms with van der Waals surface area (Å²) in [5, 5.41) is 19.7. The second-order valence-electron chi connectivity index (χ2n) is 8.86. The largest absolute Gasteiger partial charge is 0.481 e. The van der Waals surface area contributed by atoms with Gasteiger partial charge in [-0.05, 0) is 38.3 Å². The molecule has 3 heterocycles. The molecule has 3 saturated heterocycles. The number of carbonyl (C=O) groups is 3. The van der Waals surface area contributed by atoms with Crippen LogP contribution in [0.2, 0.25) is 5.02 Å². The normalized spacial score (nSPS) is 32.8. The number of rotatable bonds is 8. The Labute approximate surface area is 191 Å². The van der Waals surface area contributed by atoms with Gasteiger partial charge in [0.1, 0.15) is 11.6 Å². The summed E-state index contributed by atoms with van der Waals surface area (Å²) >= 11 is 6.38. The number of aliphatic carboxylic acids is 1. The van der Waals surface area contributed by atoms with Gasteiger partial charge in [-0.2, -0.15) is 0 Å². The fraction of sp³-hybridized carbons (Fsp3) is 0.522. The fourth-order valence-corrected chi connectivity index (χ4v) is 6.05. The summed E-state index contributed by atoms with van der Waals surface area (Å²) in [4.78, 5) is 42.6. The first-order valence-electron chi connectivity index (χ1n) is 10.7. The van der Waals surface area contributed by atoms with E-state index < -0.39 is 46.9 Å². The lowest BCUT2D eigenvalue weighted by Crippen LogP contribution is -2.56. The van der Waals surface area contributed by atoms with E-state index in [0.717, 1.165) is 0 Å². The van der Waals surface area contributed by atoms with Crippen molar-refractivity contribution in [1.29, 1.82) is 0 Å². The molecular formula is C23H27ClN2O6. The van der Waals surface area contributed by atoms with Crippen molar-refractivity contribution in [1.82, 2.24) is 4.90 Å². The van der Waals surface area contributed by atoms with Gasteiger partial charge in [-0.3, -0.25) is 14.4 Å². The van der Waals surface area contributed by atoms with Crippen molar-refractivity contribution in [2.24, 2.45) is 11.8 Å². The van der Waals surface area contributed by atoms with Crippen molar-refractivity contribution < 1.29 is 29.3 Å². The number of nitrogens with zero attached hydrogens (tertiary/aromatic N) is 2. The van der Waals surface area contributed by atoms with Gasteiger partial charge >= 0.3 is 5.97 Å². The summed E-state index contributed by atoms with van der Waals surface area (Å²) in [6, 6.07) is 5.87. The molecule has 0 radical (unpaired) electrons. The zero-order valence-electron chi connectivity index (χ0n) is 17.9. The van der Waals surface area contributed by atoms with Crippen LogP contribution < -0.4 is 4.90 Å². The number of benzene rings is 1. The Bertz CT molecular complexity index is 970. The van der Waals surface area contributed by atoms with Crippen LogP contribution in [-0.4, -0.2) is 69.8 Å². The number of hydrogen-bond acceptors (Lipinski definition) is 5. The lowest BCUT2D eigenvalue weighted by molar-refractivity contribution is -0.154. The van der Waals surface area contributed by atoms with Gasteiger partial charge in [0, 0.05) is 19.7 Å². The predicted octanol–water partition coefficient (Wildman–Crippen LogP) is 2.09. The first kappa shape index (κ1) is 22.8. The number of anilines is 1. The molecule has 8 nitrogen and oxygen atoms in total. The minimum Gasteiger partial charge on any atom is -0.481 e. The Balaban J connectivity index is 1.82. The molecule has 32 heavy (non-hydrogen) atoms. The molecule has 2 bridgehead atoms. The average Bonchev–Trinajstić information content (AvgIpc) is 3.31. The third kappa shape index (κ3) is 3.16. The highest BCUT2D eigenvalue weighted by Gasteiger charge is 2.78. The number of hydrogen-bond donors (Lipinski definition) is 2. The van der Waals surface area contributed by atoms with Gasteiger partial charge in [0.15, 0.2) is 0 Å². The number of aliphatic hydroxyl groups is 1. The van der Waals surface area contributed by atoms with E-state index in [-0.39, 0.29) is 26.1 Å². The number of halogens is 1. The quantitative estimate of drug-likeness (QED) is 0.573. The van der Waals surface area contributed by atoms with Crippen molar-refractivity contribution >= 4 is 35.1 Å². The topological polar surface area (TPSA) is 107 Å². The molecule has 1 aromatic rings. The van der Waals surface area contributed by atoms with E-state index in [1.807, 2.05) is 0 Å². The number of para-hydroxylation sites is 1. The second-order valence-corrected chi connectivity index (χ2v) is 9.27. The minimum atomic E-state index is -1.23. The van der Waals surface area contributed by atoms with Crippen molar-refractivity contribution in [2.75, 3.05) is 24.6 Å². The third-order valence-electron chi connectivity index (χ3n) is 7.05. The van der Waals surface area contributed by atoms with Crippen LogP contribution in [0.5, 0.6) is 0 Å². The first-order chi connectivity index (χ1) is 15.2. The van der Waals surface area contributed by atoms with E-state index in [9.17, 15) is 24.6 Å². The van der Waals surface area contributed by atoms with Crippen LogP contribution in [0.15, 0.2) is 36.9 Å². The lowest BCUT2D eigenvalue weighted by Gasteiger charge is -2.37. The van der Waals surface area contributed by atoms with E-state index in [0.29, 0.717) is 23.6 Å². The van der Waals surface area contributed by atoms with Crippen molar-refractivity contribution in [3.05, 3.63) is 41.9 Å². The molecule has 4 rings (SSSR count). The molecule has 0 aliphatic carbocycles. The molecule has 2 unspecified atom stereocenters. The van der Waals surface area contributed by atoms with Crippen LogP contribution >= 0.6 is 11.6 Å². The number of amides is 2. The molecule has 3 fully saturated rings. The fourth-order valence-electron chi connectivity index (χ4n) is 5.82. The van der Waals surface area contributed by atoms with E-state index >= 15 is 0 Å². The van der Waals surface area contributed by atoms with Gasteiger partial charge in [0.05, 0.1) is 28.1 Å². The number of ether oxygens (including phenoxy) is 1. The highest BCUT2D eigenvalue weighted by molar-refractivity contribution is 6.34. The molecule has 3 aliphatic heterocycles. The smallest absolute Gasteiger partial charge is 0.310 e. The minimum absolute atomic E-state index is 0.126. The van der Waals surface area contributed by atoms with Crippen LogP contribution in [0.3, 0.4) is 0 Å². The number of carboxylic acids is 1. The molecule has 1 spiro atoms. The monoisotopic (exact) mass is 462 g/mol. The average molecular weight is 463 g/mol.